The van der Waals surface area contributed by atoms with Crippen molar-refractivity contribution in [3.63, 3.8) is 0 Å². The maximum absolute atomic E-state index is 5.67. The van der Waals surface area contributed by atoms with Gasteiger partial charge in [0.15, 0.2) is 0 Å². The molecule has 0 bridgehead atoms. The highest BCUT2D eigenvalue weighted by Crippen LogP contribution is 2.19. The number of nitrogens with zero attached hydrogens (tertiary/aromatic N) is 2. The van der Waals surface area contributed by atoms with E-state index in [2.05, 4.69) is 9.88 Å². The largest absolute Gasteiger partial charge is 0.378 e. The van der Waals surface area contributed by atoms with Gasteiger partial charge < -0.3 is 15.4 Å². The molecule has 2 heterocycles. The van der Waals surface area contributed by atoms with E-state index in [1.54, 1.807) is 6.20 Å². The number of aromatic nitrogens is 1. The Bertz CT molecular complexity index is 297. The monoisotopic (exact) mass is 193 g/mol. The number of hydrogen-bond acceptors (Lipinski definition) is 4. The van der Waals surface area contributed by atoms with E-state index in [1.807, 2.05) is 12.3 Å². The maximum Gasteiger partial charge on any atom is 0.0642 e. The molecular formula is C10H15N3O. The van der Waals surface area contributed by atoms with Crippen LogP contribution in [-0.4, -0.2) is 31.3 Å². The summed E-state index contributed by atoms with van der Waals surface area (Å²) in [6, 6.07) is 1.98. The number of anilines is 1. The Morgan fingerprint density at radius 2 is 2.21 bits per heavy atom. The van der Waals surface area contributed by atoms with Gasteiger partial charge >= 0.3 is 0 Å². The number of ether oxygens (including phenoxy) is 1. The van der Waals surface area contributed by atoms with Gasteiger partial charge in [0.05, 0.1) is 25.1 Å². The minimum atomic E-state index is 0.565. The van der Waals surface area contributed by atoms with Crippen molar-refractivity contribution in [1.82, 2.24) is 4.98 Å². The van der Waals surface area contributed by atoms with Crippen LogP contribution < -0.4 is 10.6 Å². The molecule has 0 unspecified atom stereocenters. The maximum atomic E-state index is 5.67. The SMILES string of the molecule is NCc1ccncc1N1CCOCC1. The summed E-state index contributed by atoms with van der Waals surface area (Å²) in [6.45, 7) is 4.00. The molecule has 2 rings (SSSR count). The summed E-state index contributed by atoms with van der Waals surface area (Å²) in [5.41, 5.74) is 7.98. The van der Waals surface area contributed by atoms with Crippen LogP contribution >= 0.6 is 0 Å². The predicted octanol–water partition coefficient (Wildman–Crippen LogP) is 0.377. The lowest BCUT2D eigenvalue weighted by Gasteiger charge is -2.29. The van der Waals surface area contributed by atoms with E-state index >= 15 is 0 Å². The zero-order valence-corrected chi connectivity index (χ0v) is 8.15. The van der Waals surface area contributed by atoms with E-state index < -0.39 is 0 Å². The first-order chi connectivity index (χ1) is 6.92. The minimum absolute atomic E-state index is 0.565. The summed E-state index contributed by atoms with van der Waals surface area (Å²) in [4.78, 5) is 6.41. The Morgan fingerprint density at radius 1 is 1.43 bits per heavy atom. The summed E-state index contributed by atoms with van der Waals surface area (Å²) in [7, 11) is 0. The van der Waals surface area contributed by atoms with Gasteiger partial charge in [-0.15, -0.1) is 0 Å². The van der Waals surface area contributed by atoms with E-state index in [4.69, 9.17) is 10.5 Å². The van der Waals surface area contributed by atoms with E-state index in [-0.39, 0.29) is 0 Å². The molecule has 1 saturated heterocycles. The van der Waals surface area contributed by atoms with Crippen LogP contribution in [0.2, 0.25) is 0 Å². The van der Waals surface area contributed by atoms with Gasteiger partial charge in [-0.3, -0.25) is 4.98 Å². The molecule has 76 valence electrons. The van der Waals surface area contributed by atoms with Crippen LogP contribution in [0.4, 0.5) is 5.69 Å². The first-order valence-electron chi connectivity index (χ1n) is 4.87. The molecule has 0 aromatic carbocycles. The van der Waals surface area contributed by atoms with Crippen molar-refractivity contribution >= 4 is 5.69 Å². The molecule has 0 spiro atoms. The van der Waals surface area contributed by atoms with E-state index in [0.29, 0.717) is 6.54 Å². The number of morpholine rings is 1. The molecule has 0 atom stereocenters. The molecule has 0 aliphatic carbocycles. The highest BCUT2D eigenvalue weighted by molar-refractivity contribution is 5.51. The van der Waals surface area contributed by atoms with Gasteiger partial charge in [0, 0.05) is 25.8 Å². The van der Waals surface area contributed by atoms with Gasteiger partial charge in [-0.1, -0.05) is 0 Å². The topological polar surface area (TPSA) is 51.4 Å². The molecule has 1 aromatic rings. The average molecular weight is 193 g/mol. The molecule has 0 amide bonds. The Balaban J connectivity index is 2.20. The standard InChI is InChI=1S/C10H15N3O/c11-7-9-1-2-12-8-10(9)13-3-5-14-6-4-13/h1-2,8H,3-7,11H2. The normalized spacial score (nSPS) is 17.1. The third kappa shape index (κ3) is 1.86. The van der Waals surface area contributed by atoms with Crippen molar-refractivity contribution in [3.05, 3.63) is 24.0 Å². The van der Waals surface area contributed by atoms with Crippen LogP contribution in [0.5, 0.6) is 0 Å². The first-order valence-corrected chi connectivity index (χ1v) is 4.87. The lowest BCUT2D eigenvalue weighted by molar-refractivity contribution is 0.122. The molecule has 4 nitrogen and oxygen atoms in total. The predicted molar refractivity (Wildman–Crippen MR) is 55.2 cm³/mol. The van der Waals surface area contributed by atoms with Crippen molar-refractivity contribution in [1.29, 1.82) is 0 Å². The van der Waals surface area contributed by atoms with Crippen molar-refractivity contribution in [2.24, 2.45) is 5.73 Å². The Morgan fingerprint density at radius 3 is 2.93 bits per heavy atom. The summed E-state index contributed by atoms with van der Waals surface area (Å²) >= 11 is 0. The third-order valence-electron chi connectivity index (χ3n) is 2.46. The van der Waals surface area contributed by atoms with Crippen molar-refractivity contribution in [3.8, 4) is 0 Å². The molecule has 1 aromatic heterocycles. The zero-order valence-electron chi connectivity index (χ0n) is 8.15. The second-order valence-electron chi connectivity index (χ2n) is 3.31. The third-order valence-corrected chi connectivity index (χ3v) is 2.46. The van der Waals surface area contributed by atoms with Crippen LogP contribution in [0.15, 0.2) is 18.5 Å². The molecule has 1 fully saturated rings. The smallest absolute Gasteiger partial charge is 0.0642 e. The fraction of sp³-hybridized carbons (Fsp3) is 0.500. The number of pyridine rings is 1. The van der Waals surface area contributed by atoms with Gasteiger partial charge in [0.2, 0.25) is 0 Å². The summed E-state index contributed by atoms with van der Waals surface area (Å²) in [5, 5.41) is 0. The second-order valence-corrected chi connectivity index (χ2v) is 3.31. The Labute approximate surface area is 83.7 Å². The van der Waals surface area contributed by atoms with Crippen LogP contribution in [0, 0.1) is 0 Å². The molecule has 0 radical (unpaired) electrons. The minimum Gasteiger partial charge on any atom is -0.378 e. The van der Waals surface area contributed by atoms with Crippen LogP contribution in [0.3, 0.4) is 0 Å². The lowest BCUT2D eigenvalue weighted by Crippen LogP contribution is -2.37. The van der Waals surface area contributed by atoms with E-state index in [9.17, 15) is 0 Å². The quantitative estimate of drug-likeness (QED) is 0.737. The number of nitrogens with two attached hydrogens (primary N) is 1. The van der Waals surface area contributed by atoms with Crippen molar-refractivity contribution in [2.75, 3.05) is 31.2 Å². The van der Waals surface area contributed by atoms with E-state index in [0.717, 1.165) is 37.6 Å². The zero-order chi connectivity index (χ0) is 9.80. The van der Waals surface area contributed by atoms with Gasteiger partial charge in [-0.05, 0) is 11.6 Å². The van der Waals surface area contributed by atoms with Crippen LogP contribution in [0.25, 0.3) is 0 Å². The average Bonchev–Trinajstić information content (AvgIpc) is 2.30. The fourth-order valence-electron chi connectivity index (χ4n) is 1.68. The molecule has 1 aliphatic rings. The van der Waals surface area contributed by atoms with Gasteiger partial charge in [-0.25, -0.2) is 0 Å². The van der Waals surface area contributed by atoms with Crippen LogP contribution in [-0.2, 0) is 11.3 Å². The molecule has 14 heavy (non-hydrogen) atoms. The van der Waals surface area contributed by atoms with E-state index in [1.165, 1.54) is 0 Å². The number of rotatable bonds is 2. The van der Waals surface area contributed by atoms with Gasteiger partial charge in [-0.2, -0.15) is 0 Å². The Hall–Kier alpha value is -1.13. The molecule has 4 heteroatoms. The number of hydrogen-bond donors (Lipinski definition) is 1. The van der Waals surface area contributed by atoms with Gasteiger partial charge in [0.1, 0.15) is 0 Å². The first kappa shape index (κ1) is 9.43. The fourth-order valence-corrected chi connectivity index (χ4v) is 1.68. The molecular weight excluding hydrogens is 178 g/mol. The second kappa shape index (κ2) is 4.39. The summed E-state index contributed by atoms with van der Waals surface area (Å²) in [5.74, 6) is 0. The summed E-state index contributed by atoms with van der Waals surface area (Å²) in [6.07, 6.45) is 3.67. The van der Waals surface area contributed by atoms with Crippen molar-refractivity contribution < 1.29 is 4.74 Å². The Kier molecular flexibility index (Phi) is 2.96. The highest BCUT2D eigenvalue weighted by atomic mass is 16.5. The molecule has 1 aliphatic heterocycles. The molecule has 2 N–H and O–H groups in total. The van der Waals surface area contributed by atoms with Crippen LogP contribution in [0.1, 0.15) is 5.56 Å². The van der Waals surface area contributed by atoms with Crippen molar-refractivity contribution in [2.45, 2.75) is 6.54 Å². The highest BCUT2D eigenvalue weighted by Gasteiger charge is 2.13. The van der Waals surface area contributed by atoms with Gasteiger partial charge in [0.25, 0.3) is 0 Å². The summed E-state index contributed by atoms with van der Waals surface area (Å²) < 4.78 is 5.30. The lowest BCUT2D eigenvalue weighted by atomic mass is 10.2. The molecule has 0 saturated carbocycles.